The van der Waals surface area contributed by atoms with Crippen molar-refractivity contribution in [2.45, 2.75) is 32.6 Å². The van der Waals surface area contributed by atoms with E-state index in [0.717, 1.165) is 5.92 Å². The molecule has 0 bridgehead atoms. The van der Waals surface area contributed by atoms with E-state index in [0.29, 0.717) is 0 Å². The third-order valence-corrected chi connectivity index (χ3v) is 4.15. The summed E-state index contributed by atoms with van der Waals surface area (Å²) >= 11 is 0. The Kier molecular flexibility index (Phi) is 4.22. The average molecular weight is 232 g/mol. The van der Waals surface area contributed by atoms with Crippen molar-refractivity contribution in [3.8, 4) is 0 Å². The van der Waals surface area contributed by atoms with Crippen LogP contribution in [0.4, 0.5) is 0 Å². The summed E-state index contributed by atoms with van der Waals surface area (Å²) in [7, 11) is 2.45. The molecule has 0 amide bonds. The van der Waals surface area contributed by atoms with Gasteiger partial charge in [0.25, 0.3) is 0 Å². The highest BCUT2D eigenvalue weighted by molar-refractivity contribution is 5.14. The largest absolute Gasteiger partial charge is 0.326 e. The van der Waals surface area contributed by atoms with E-state index in [2.05, 4.69) is 44.3 Å². The van der Waals surface area contributed by atoms with E-state index in [9.17, 15) is 0 Å². The maximum Gasteiger partial charge on any atom is 0.0810 e. The minimum absolute atomic E-state index is 0.922. The molecule has 2 rings (SSSR count). The standard InChI is InChI=1S/C16H26N/c1-15-8-6-12-17(2,14-15)13-7-11-16-9-4-3-5-10-16/h3-5,9-10,15H,6-8,11-14H2,1-2H3/q+1/t15-,17?/m1/s1. The smallest absolute Gasteiger partial charge is 0.0810 e. The molecule has 1 heterocycles. The number of quaternary nitrogens is 1. The zero-order valence-corrected chi connectivity index (χ0v) is 11.4. The zero-order chi connectivity index (χ0) is 12.1. The Hall–Kier alpha value is -0.820. The highest BCUT2D eigenvalue weighted by Crippen LogP contribution is 2.22. The van der Waals surface area contributed by atoms with Crippen molar-refractivity contribution in [1.82, 2.24) is 0 Å². The Labute approximate surface area is 106 Å². The Morgan fingerprint density at radius 1 is 1.24 bits per heavy atom. The molecular weight excluding hydrogens is 206 g/mol. The van der Waals surface area contributed by atoms with E-state index in [4.69, 9.17) is 0 Å². The van der Waals surface area contributed by atoms with E-state index < -0.39 is 0 Å². The first-order valence-electron chi connectivity index (χ1n) is 7.05. The molecule has 1 aromatic rings. The van der Waals surface area contributed by atoms with Crippen LogP contribution in [0.2, 0.25) is 0 Å². The Bertz CT molecular complexity index is 333. The molecule has 1 nitrogen and oxygen atoms in total. The number of aryl methyl sites for hydroxylation is 1. The number of hydrogen-bond acceptors (Lipinski definition) is 0. The SMILES string of the molecule is C[C@@H]1CCC[N+](C)(CCCc2ccccc2)C1. The highest BCUT2D eigenvalue weighted by Gasteiger charge is 2.28. The van der Waals surface area contributed by atoms with Crippen LogP contribution in [0.3, 0.4) is 0 Å². The lowest BCUT2D eigenvalue weighted by Gasteiger charge is -2.40. The maximum atomic E-state index is 2.45. The minimum atomic E-state index is 0.922. The van der Waals surface area contributed by atoms with Crippen LogP contribution in [-0.2, 0) is 6.42 Å². The zero-order valence-electron chi connectivity index (χ0n) is 11.4. The maximum absolute atomic E-state index is 2.45. The van der Waals surface area contributed by atoms with Crippen molar-refractivity contribution in [3.63, 3.8) is 0 Å². The van der Waals surface area contributed by atoms with E-state index in [1.54, 1.807) is 0 Å². The summed E-state index contributed by atoms with van der Waals surface area (Å²) < 4.78 is 1.30. The van der Waals surface area contributed by atoms with Crippen LogP contribution in [0.5, 0.6) is 0 Å². The first-order valence-corrected chi connectivity index (χ1v) is 7.05. The van der Waals surface area contributed by atoms with Crippen LogP contribution in [-0.4, -0.2) is 31.2 Å². The molecule has 1 saturated heterocycles. The van der Waals surface area contributed by atoms with Crippen LogP contribution >= 0.6 is 0 Å². The summed E-state index contributed by atoms with van der Waals surface area (Å²) in [5, 5.41) is 0. The van der Waals surface area contributed by atoms with Gasteiger partial charge in [0.1, 0.15) is 0 Å². The first-order chi connectivity index (χ1) is 8.18. The van der Waals surface area contributed by atoms with Gasteiger partial charge in [0.2, 0.25) is 0 Å². The van der Waals surface area contributed by atoms with Crippen molar-refractivity contribution in [1.29, 1.82) is 0 Å². The summed E-state index contributed by atoms with van der Waals surface area (Å²) in [5.41, 5.74) is 1.49. The lowest BCUT2D eigenvalue weighted by molar-refractivity contribution is -0.917. The van der Waals surface area contributed by atoms with Gasteiger partial charge >= 0.3 is 0 Å². The van der Waals surface area contributed by atoms with Gasteiger partial charge in [-0.3, -0.25) is 0 Å². The molecule has 1 aromatic carbocycles. The topological polar surface area (TPSA) is 0 Å². The van der Waals surface area contributed by atoms with Crippen molar-refractivity contribution in [3.05, 3.63) is 35.9 Å². The molecule has 1 unspecified atom stereocenters. The fraction of sp³-hybridized carbons (Fsp3) is 0.625. The first kappa shape index (κ1) is 12.6. The molecule has 0 radical (unpaired) electrons. The predicted molar refractivity (Wildman–Crippen MR) is 73.9 cm³/mol. The molecule has 1 fully saturated rings. The molecule has 0 saturated carbocycles. The van der Waals surface area contributed by atoms with Crippen LogP contribution in [0.15, 0.2) is 30.3 Å². The van der Waals surface area contributed by atoms with Crippen molar-refractivity contribution in [2.75, 3.05) is 26.7 Å². The summed E-state index contributed by atoms with van der Waals surface area (Å²) in [6, 6.07) is 10.9. The van der Waals surface area contributed by atoms with Crippen LogP contribution in [0, 0.1) is 5.92 Å². The van der Waals surface area contributed by atoms with Gasteiger partial charge in [0.05, 0.1) is 26.7 Å². The van der Waals surface area contributed by atoms with Gasteiger partial charge in [0.15, 0.2) is 0 Å². The molecule has 0 aromatic heterocycles. The number of rotatable bonds is 4. The summed E-state index contributed by atoms with van der Waals surface area (Å²) in [4.78, 5) is 0. The molecule has 0 N–H and O–H groups in total. The summed E-state index contributed by atoms with van der Waals surface area (Å²) in [6.45, 7) is 6.53. The third-order valence-electron chi connectivity index (χ3n) is 4.15. The molecule has 1 heteroatoms. The lowest BCUT2D eigenvalue weighted by Crippen LogP contribution is -2.51. The van der Waals surface area contributed by atoms with Gasteiger partial charge in [-0.1, -0.05) is 37.3 Å². The normalized spacial score (nSPS) is 29.2. The van der Waals surface area contributed by atoms with Gasteiger partial charge < -0.3 is 4.48 Å². The summed E-state index contributed by atoms with van der Waals surface area (Å²) in [5.74, 6) is 0.922. The van der Waals surface area contributed by atoms with E-state index in [-0.39, 0.29) is 0 Å². The number of benzene rings is 1. The quantitative estimate of drug-likeness (QED) is 0.697. The van der Waals surface area contributed by atoms with Gasteiger partial charge in [-0.05, 0) is 24.8 Å². The van der Waals surface area contributed by atoms with Crippen LogP contribution < -0.4 is 0 Å². The Morgan fingerprint density at radius 2 is 2.00 bits per heavy atom. The van der Waals surface area contributed by atoms with E-state index in [1.165, 1.54) is 55.4 Å². The van der Waals surface area contributed by atoms with Crippen LogP contribution in [0.25, 0.3) is 0 Å². The van der Waals surface area contributed by atoms with Gasteiger partial charge in [-0.25, -0.2) is 0 Å². The molecule has 0 spiro atoms. The molecule has 0 aliphatic carbocycles. The fourth-order valence-electron chi connectivity index (χ4n) is 3.27. The van der Waals surface area contributed by atoms with E-state index in [1.807, 2.05) is 0 Å². The van der Waals surface area contributed by atoms with Gasteiger partial charge in [-0.2, -0.15) is 0 Å². The number of hydrogen-bond donors (Lipinski definition) is 0. The lowest BCUT2D eigenvalue weighted by atomic mass is 9.97. The van der Waals surface area contributed by atoms with Gasteiger partial charge in [0, 0.05) is 12.3 Å². The number of piperidine rings is 1. The second-order valence-electron chi connectivity index (χ2n) is 6.09. The fourth-order valence-corrected chi connectivity index (χ4v) is 3.27. The average Bonchev–Trinajstić information content (AvgIpc) is 2.30. The van der Waals surface area contributed by atoms with Crippen molar-refractivity contribution < 1.29 is 4.48 Å². The third kappa shape index (κ3) is 3.85. The highest BCUT2D eigenvalue weighted by atomic mass is 15.3. The molecule has 1 aliphatic heterocycles. The number of nitrogens with zero attached hydrogens (tertiary/aromatic N) is 1. The molecular formula is C16H26N+. The van der Waals surface area contributed by atoms with Crippen molar-refractivity contribution >= 4 is 0 Å². The monoisotopic (exact) mass is 232 g/mol. The Balaban J connectivity index is 1.78. The van der Waals surface area contributed by atoms with Crippen LogP contribution in [0.1, 0.15) is 31.7 Å². The molecule has 1 aliphatic rings. The predicted octanol–water partition coefficient (Wildman–Crippen LogP) is 3.50. The molecule has 2 atom stereocenters. The minimum Gasteiger partial charge on any atom is -0.326 e. The number of likely N-dealkylation sites (tertiary alicyclic amines) is 1. The van der Waals surface area contributed by atoms with Crippen molar-refractivity contribution in [2.24, 2.45) is 5.92 Å². The second-order valence-corrected chi connectivity index (χ2v) is 6.09. The van der Waals surface area contributed by atoms with Gasteiger partial charge in [-0.15, -0.1) is 0 Å². The second kappa shape index (κ2) is 5.68. The van der Waals surface area contributed by atoms with E-state index >= 15 is 0 Å². The molecule has 17 heavy (non-hydrogen) atoms. The summed E-state index contributed by atoms with van der Waals surface area (Å²) in [6.07, 6.45) is 5.42. The molecule has 94 valence electrons. The Morgan fingerprint density at radius 3 is 2.71 bits per heavy atom.